The van der Waals surface area contributed by atoms with E-state index in [-0.39, 0.29) is 11.3 Å². The number of pyridine rings is 2. The molecule has 11 heteroatoms. The molecule has 0 radical (unpaired) electrons. The molecule has 0 spiro atoms. The Labute approximate surface area is 241 Å². The molecule has 0 atom stereocenters. The zero-order valence-corrected chi connectivity index (χ0v) is 24.7. The molecule has 1 aliphatic heterocycles. The van der Waals surface area contributed by atoms with E-state index >= 15 is 0 Å². The number of nitrogens with zero attached hydrogens (tertiary/aromatic N) is 7. The van der Waals surface area contributed by atoms with Gasteiger partial charge < -0.3 is 30.1 Å². The number of carbonyl (C=O) groups is 1. The number of likely N-dealkylation sites (N-methyl/N-ethyl adjacent to an activating group) is 2. The molecule has 5 rings (SSSR count). The second-order valence-electron chi connectivity index (χ2n) is 11.6. The maximum atomic E-state index is 12.3. The Bertz CT molecular complexity index is 1450. The largest absolute Gasteiger partial charge is 0.479 e. The third kappa shape index (κ3) is 6.09. The summed E-state index contributed by atoms with van der Waals surface area (Å²) in [5, 5.41) is 6.21. The summed E-state index contributed by atoms with van der Waals surface area (Å²) < 4.78 is 5.65. The molecular formula is C30H39N9O2. The number of hydrogen-bond acceptors (Lipinski definition) is 10. The van der Waals surface area contributed by atoms with E-state index in [0.29, 0.717) is 41.4 Å². The molecular weight excluding hydrogens is 518 g/mol. The van der Waals surface area contributed by atoms with E-state index < -0.39 is 0 Å². The van der Waals surface area contributed by atoms with Gasteiger partial charge in [-0.25, -0.2) is 9.97 Å². The van der Waals surface area contributed by atoms with E-state index in [1.165, 1.54) is 24.6 Å². The molecule has 41 heavy (non-hydrogen) atoms. The summed E-state index contributed by atoms with van der Waals surface area (Å²) in [6, 6.07) is 8.03. The van der Waals surface area contributed by atoms with Gasteiger partial charge in [-0.05, 0) is 51.2 Å². The number of methoxy groups -OCH3 is 1. The van der Waals surface area contributed by atoms with Gasteiger partial charge in [-0.15, -0.1) is 0 Å². The second kappa shape index (κ2) is 11.3. The number of hydrogen-bond donors (Lipinski definition) is 2. The van der Waals surface area contributed by atoms with Crippen LogP contribution < -0.4 is 25.2 Å². The predicted molar refractivity (Wildman–Crippen MR) is 163 cm³/mol. The van der Waals surface area contributed by atoms with Crippen molar-refractivity contribution in [3.8, 4) is 5.88 Å². The average Bonchev–Trinajstić information content (AvgIpc) is 3.76. The number of ether oxygens (including phenoxy) is 1. The number of aromatic nitrogens is 4. The minimum Gasteiger partial charge on any atom is -0.479 e. The van der Waals surface area contributed by atoms with Crippen LogP contribution in [-0.2, 0) is 10.2 Å². The Morgan fingerprint density at radius 1 is 1.15 bits per heavy atom. The normalized spacial score (nSPS) is 15.4. The van der Waals surface area contributed by atoms with Crippen LogP contribution in [-0.4, -0.2) is 78.6 Å². The van der Waals surface area contributed by atoms with E-state index in [1.807, 2.05) is 32.1 Å². The predicted octanol–water partition coefficient (Wildman–Crippen LogP) is 4.45. The summed E-state index contributed by atoms with van der Waals surface area (Å²) in [7, 11) is 7.51. The van der Waals surface area contributed by atoms with Crippen molar-refractivity contribution in [2.45, 2.75) is 38.0 Å². The zero-order valence-electron chi connectivity index (χ0n) is 24.7. The molecule has 1 amide bonds. The van der Waals surface area contributed by atoms with Crippen molar-refractivity contribution >= 4 is 40.4 Å². The van der Waals surface area contributed by atoms with Crippen LogP contribution in [0.25, 0.3) is 0 Å². The van der Waals surface area contributed by atoms with Crippen molar-refractivity contribution in [1.29, 1.82) is 0 Å². The lowest BCUT2D eigenvalue weighted by Gasteiger charge is -2.24. The highest BCUT2D eigenvalue weighted by atomic mass is 16.5. The van der Waals surface area contributed by atoms with Crippen LogP contribution >= 0.6 is 0 Å². The third-order valence-corrected chi connectivity index (χ3v) is 7.42. The van der Waals surface area contributed by atoms with E-state index in [9.17, 15) is 4.79 Å². The van der Waals surface area contributed by atoms with Crippen LogP contribution in [0.2, 0.25) is 0 Å². The monoisotopic (exact) mass is 557 g/mol. The molecule has 0 aromatic carbocycles. The van der Waals surface area contributed by atoms with Gasteiger partial charge in [0.25, 0.3) is 0 Å². The summed E-state index contributed by atoms with van der Waals surface area (Å²) in [5.74, 6) is 2.56. The molecule has 0 saturated heterocycles. The molecule has 0 bridgehead atoms. The maximum Gasteiger partial charge on any atom is 0.247 e. The van der Waals surface area contributed by atoms with Crippen LogP contribution in [0, 0.1) is 0 Å². The number of rotatable bonds is 11. The smallest absolute Gasteiger partial charge is 0.247 e. The molecule has 1 saturated carbocycles. The SMILES string of the molecule is C=CC(=O)Nc1cc(Nc2cc(N3CC(C)(C)c4nc(C5CC5)ccc43)ncn2)c(OC)nc1N(C)CCN(C)C. The van der Waals surface area contributed by atoms with Crippen molar-refractivity contribution in [2.75, 3.05) is 68.3 Å². The van der Waals surface area contributed by atoms with Crippen molar-refractivity contribution in [2.24, 2.45) is 0 Å². The average molecular weight is 558 g/mol. The molecule has 1 aliphatic carbocycles. The van der Waals surface area contributed by atoms with E-state index in [1.54, 1.807) is 19.5 Å². The van der Waals surface area contributed by atoms with Crippen molar-refractivity contribution in [3.63, 3.8) is 0 Å². The van der Waals surface area contributed by atoms with Gasteiger partial charge in [0.05, 0.1) is 24.2 Å². The van der Waals surface area contributed by atoms with E-state index in [2.05, 4.69) is 63.0 Å². The van der Waals surface area contributed by atoms with Gasteiger partial charge in [0.15, 0.2) is 5.82 Å². The lowest BCUT2D eigenvalue weighted by Crippen LogP contribution is -2.30. The quantitative estimate of drug-likeness (QED) is 0.328. The van der Waals surface area contributed by atoms with Crippen LogP contribution in [0.1, 0.15) is 44.0 Å². The molecule has 2 N–H and O–H groups in total. The Balaban J connectivity index is 1.45. The Hall–Kier alpha value is -4.25. The second-order valence-corrected chi connectivity index (χ2v) is 11.6. The zero-order chi connectivity index (χ0) is 29.3. The van der Waals surface area contributed by atoms with Crippen molar-refractivity contribution in [3.05, 3.63) is 54.6 Å². The molecule has 4 heterocycles. The standard InChI is InChI=1S/C30H39N9O2/c1-8-26(40)34-21-15-22(29(41-7)36-28(21)38(6)14-13-37(4)5)33-24-16-25(32-18-31-24)39-17-30(2,3)27-23(39)12-11-20(35-27)19-9-10-19/h8,11-12,15-16,18-19H,1,9-10,13-14,17H2,2-7H3,(H,34,40)(H,31,32,33). The fraction of sp³-hybridized carbons (Fsp3) is 0.433. The van der Waals surface area contributed by atoms with E-state index in [0.717, 1.165) is 30.3 Å². The molecule has 3 aromatic rings. The fourth-order valence-corrected chi connectivity index (χ4v) is 5.00. The Morgan fingerprint density at radius 2 is 1.93 bits per heavy atom. The number of amides is 1. The summed E-state index contributed by atoms with van der Waals surface area (Å²) in [6.07, 6.45) is 5.22. The molecule has 216 valence electrons. The van der Waals surface area contributed by atoms with Gasteiger partial charge in [0, 0.05) is 49.8 Å². The molecule has 2 aliphatic rings. The Kier molecular flexibility index (Phi) is 7.81. The first-order chi connectivity index (χ1) is 19.6. The van der Waals surface area contributed by atoms with Crippen LogP contribution in [0.4, 0.5) is 34.5 Å². The number of nitrogens with one attached hydrogen (secondary N) is 2. The molecule has 3 aromatic heterocycles. The highest BCUT2D eigenvalue weighted by molar-refractivity contribution is 6.01. The number of carbonyl (C=O) groups excluding carboxylic acids is 1. The number of fused-ring (bicyclic) bond motifs is 1. The minimum atomic E-state index is -0.330. The van der Waals surface area contributed by atoms with Crippen molar-refractivity contribution in [1.82, 2.24) is 24.8 Å². The highest BCUT2D eigenvalue weighted by Gasteiger charge is 2.39. The van der Waals surface area contributed by atoms with Gasteiger partial charge in [-0.2, -0.15) is 4.98 Å². The summed E-state index contributed by atoms with van der Waals surface area (Å²) in [6.45, 7) is 10.3. The van der Waals surface area contributed by atoms with Crippen LogP contribution in [0.5, 0.6) is 5.88 Å². The van der Waals surface area contributed by atoms with Gasteiger partial charge in [0.2, 0.25) is 11.8 Å². The third-order valence-electron chi connectivity index (χ3n) is 7.42. The Morgan fingerprint density at radius 3 is 2.61 bits per heavy atom. The minimum absolute atomic E-state index is 0.112. The number of anilines is 6. The maximum absolute atomic E-state index is 12.3. The van der Waals surface area contributed by atoms with E-state index in [4.69, 9.17) is 14.7 Å². The molecule has 1 fully saturated rings. The molecule has 11 nitrogen and oxygen atoms in total. The summed E-state index contributed by atoms with van der Waals surface area (Å²) in [4.78, 5) is 37.4. The fourth-order valence-electron chi connectivity index (χ4n) is 5.00. The lowest BCUT2D eigenvalue weighted by molar-refractivity contribution is -0.111. The topological polar surface area (TPSA) is 112 Å². The highest BCUT2D eigenvalue weighted by Crippen LogP contribution is 2.46. The molecule has 0 unspecified atom stereocenters. The van der Waals surface area contributed by atoms with Gasteiger partial charge in [-0.1, -0.05) is 20.4 Å². The first-order valence-electron chi connectivity index (χ1n) is 13.9. The first-order valence-corrected chi connectivity index (χ1v) is 13.9. The van der Waals surface area contributed by atoms with Gasteiger partial charge in [0.1, 0.15) is 23.7 Å². The van der Waals surface area contributed by atoms with Crippen LogP contribution in [0.3, 0.4) is 0 Å². The lowest BCUT2D eigenvalue weighted by atomic mass is 9.91. The first kappa shape index (κ1) is 28.3. The summed E-state index contributed by atoms with van der Waals surface area (Å²) >= 11 is 0. The van der Waals surface area contributed by atoms with Crippen molar-refractivity contribution < 1.29 is 9.53 Å². The van der Waals surface area contributed by atoms with Crippen LogP contribution in [0.15, 0.2) is 43.2 Å². The summed E-state index contributed by atoms with van der Waals surface area (Å²) in [5.41, 5.74) is 4.35. The van der Waals surface area contributed by atoms with Gasteiger partial charge in [-0.3, -0.25) is 9.78 Å². The van der Waals surface area contributed by atoms with Gasteiger partial charge >= 0.3 is 0 Å².